The average Bonchev–Trinajstić information content (AvgIpc) is 2.26. The van der Waals surface area contributed by atoms with Crippen LogP contribution in [-0.4, -0.2) is 16.8 Å². The van der Waals surface area contributed by atoms with E-state index in [4.69, 9.17) is 0 Å². The third-order valence-corrected chi connectivity index (χ3v) is 3.19. The van der Waals surface area contributed by atoms with Crippen LogP contribution in [0.4, 0.5) is 8.78 Å². The first-order valence-corrected chi connectivity index (χ1v) is 6.57. The molecule has 0 aromatic rings. The Morgan fingerprint density at radius 3 is 1.94 bits per heavy atom. The number of ketones is 1. The van der Waals surface area contributed by atoms with Crippen LogP contribution in [0, 0.1) is 11.8 Å². The van der Waals surface area contributed by atoms with Crippen LogP contribution in [0.25, 0.3) is 0 Å². The molecule has 0 amide bonds. The SMILES string of the molecule is CCC(CC)C(=O)/C=C(\O)C(CC)CC(C)(F)F. The number of alkyl halides is 2. The molecule has 0 radical (unpaired) electrons. The van der Waals surface area contributed by atoms with Gasteiger partial charge >= 0.3 is 0 Å². The van der Waals surface area contributed by atoms with Gasteiger partial charge in [0.05, 0.1) is 5.76 Å². The number of aliphatic hydroxyl groups excluding tert-OH is 1. The molecular weight excluding hydrogens is 238 g/mol. The highest BCUT2D eigenvalue weighted by atomic mass is 19.3. The van der Waals surface area contributed by atoms with Gasteiger partial charge in [-0.25, -0.2) is 8.78 Å². The van der Waals surface area contributed by atoms with Crippen LogP contribution < -0.4 is 0 Å². The highest BCUT2D eigenvalue weighted by Gasteiger charge is 2.28. The monoisotopic (exact) mass is 262 g/mol. The Kier molecular flexibility index (Phi) is 7.11. The Balaban J connectivity index is 4.77. The maximum absolute atomic E-state index is 12.9. The summed E-state index contributed by atoms with van der Waals surface area (Å²) in [5.74, 6) is -4.00. The number of aliphatic hydroxyl groups is 1. The minimum Gasteiger partial charge on any atom is -0.512 e. The van der Waals surface area contributed by atoms with Gasteiger partial charge in [0.25, 0.3) is 0 Å². The Bertz CT molecular complexity index is 289. The fraction of sp³-hybridized carbons (Fsp3) is 0.786. The number of hydrogen-bond donors (Lipinski definition) is 1. The van der Waals surface area contributed by atoms with Crippen molar-refractivity contribution in [2.24, 2.45) is 11.8 Å². The van der Waals surface area contributed by atoms with Crippen molar-refractivity contribution in [3.05, 3.63) is 11.8 Å². The van der Waals surface area contributed by atoms with E-state index in [1.165, 1.54) is 0 Å². The molecule has 0 fully saturated rings. The third kappa shape index (κ3) is 6.12. The van der Waals surface area contributed by atoms with Crippen molar-refractivity contribution in [3.63, 3.8) is 0 Å². The predicted octanol–water partition coefficient (Wildman–Crippen LogP) is 4.51. The molecule has 0 aromatic carbocycles. The van der Waals surface area contributed by atoms with Crippen molar-refractivity contribution >= 4 is 5.78 Å². The van der Waals surface area contributed by atoms with Crippen LogP contribution in [0.15, 0.2) is 11.8 Å². The first kappa shape index (κ1) is 17.1. The summed E-state index contributed by atoms with van der Waals surface area (Å²) in [6.07, 6.45) is 2.49. The highest BCUT2D eigenvalue weighted by molar-refractivity contribution is 5.92. The van der Waals surface area contributed by atoms with Crippen molar-refractivity contribution in [1.82, 2.24) is 0 Å². The Morgan fingerprint density at radius 1 is 1.17 bits per heavy atom. The largest absolute Gasteiger partial charge is 0.512 e. The van der Waals surface area contributed by atoms with E-state index >= 15 is 0 Å². The van der Waals surface area contributed by atoms with E-state index in [0.717, 1.165) is 13.0 Å². The minimum absolute atomic E-state index is 0.133. The molecule has 1 N–H and O–H groups in total. The number of halogens is 2. The smallest absolute Gasteiger partial charge is 0.246 e. The zero-order valence-electron chi connectivity index (χ0n) is 11.7. The van der Waals surface area contributed by atoms with E-state index < -0.39 is 18.3 Å². The van der Waals surface area contributed by atoms with Crippen molar-refractivity contribution in [3.8, 4) is 0 Å². The van der Waals surface area contributed by atoms with Gasteiger partial charge in [0.2, 0.25) is 5.92 Å². The number of allylic oxidation sites excluding steroid dienone is 2. The molecule has 4 heteroatoms. The van der Waals surface area contributed by atoms with E-state index in [0.29, 0.717) is 19.3 Å². The summed E-state index contributed by atoms with van der Waals surface area (Å²) in [6, 6.07) is 0. The zero-order chi connectivity index (χ0) is 14.3. The molecule has 0 aliphatic heterocycles. The fourth-order valence-corrected chi connectivity index (χ4v) is 1.96. The molecule has 18 heavy (non-hydrogen) atoms. The molecule has 0 spiro atoms. The average molecular weight is 262 g/mol. The van der Waals surface area contributed by atoms with E-state index in [1.807, 2.05) is 13.8 Å². The third-order valence-electron chi connectivity index (χ3n) is 3.19. The second-order valence-corrected chi connectivity index (χ2v) is 4.86. The molecule has 1 atom stereocenters. The van der Waals surface area contributed by atoms with Crippen LogP contribution in [0.5, 0.6) is 0 Å². The van der Waals surface area contributed by atoms with Gasteiger partial charge in [0.15, 0.2) is 5.78 Å². The lowest BCUT2D eigenvalue weighted by Gasteiger charge is -2.19. The van der Waals surface area contributed by atoms with E-state index in [1.54, 1.807) is 6.92 Å². The molecular formula is C14H24F2O2. The summed E-state index contributed by atoms with van der Waals surface area (Å²) in [4.78, 5) is 11.8. The molecule has 0 aromatic heterocycles. The van der Waals surface area contributed by atoms with Crippen molar-refractivity contribution < 1.29 is 18.7 Å². The first-order valence-electron chi connectivity index (χ1n) is 6.57. The van der Waals surface area contributed by atoms with Crippen molar-refractivity contribution in [1.29, 1.82) is 0 Å². The maximum atomic E-state index is 12.9. The lowest BCUT2D eigenvalue weighted by molar-refractivity contribution is -0.118. The highest BCUT2D eigenvalue weighted by Crippen LogP contribution is 2.28. The summed E-state index contributed by atoms with van der Waals surface area (Å²) >= 11 is 0. The first-order chi connectivity index (χ1) is 8.25. The quantitative estimate of drug-likeness (QED) is 0.516. The minimum atomic E-state index is -2.83. The topological polar surface area (TPSA) is 37.3 Å². The normalized spacial score (nSPS) is 14.9. The van der Waals surface area contributed by atoms with Gasteiger partial charge < -0.3 is 5.11 Å². The predicted molar refractivity (Wildman–Crippen MR) is 68.8 cm³/mol. The lowest BCUT2D eigenvalue weighted by Crippen LogP contribution is -2.19. The van der Waals surface area contributed by atoms with E-state index in [9.17, 15) is 18.7 Å². The fourth-order valence-electron chi connectivity index (χ4n) is 1.96. The molecule has 0 aliphatic carbocycles. The van der Waals surface area contributed by atoms with E-state index in [-0.39, 0.29) is 17.5 Å². The molecule has 0 rings (SSSR count). The van der Waals surface area contributed by atoms with Gasteiger partial charge in [-0.3, -0.25) is 4.79 Å². The van der Waals surface area contributed by atoms with Gasteiger partial charge in [-0.2, -0.15) is 0 Å². The number of carbonyl (C=O) groups is 1. The molecule has 0 heterocycles. The molecule has 106 valence electrons. The summed E-state index contributed by atoms with van der Waals surface area (Å²) in [5.41, 5.74) is 0. The van der Waals surface area contributed by atoms with Gasteiger partial charge in [0, 0.05) is 24.3 Å². The maximum Gasteiger partial charge on any atom is 0.246 e. The summed E-state index contributed by atoms with van der Waals surface area (Å²) in [6.45, 7) is 6.34. The van der Waals surface area contributed by atoms with E-state index in [2.05, 4.69) is 0 Å². The van der Waals surface area contributed by atoms with Gasteiger partial charge in [-0.1, -0.05) is 20.8 Å². The van der Waals surface area contributed by atoms with Crippen molar-refractivity contribution in [2.45, 2.75) is 59.3 Å². The van der Waals surface area contributed by atoms with Crippen LogP contribution in [0.1, 0.15) is 53.4 Å². The van der Waals surface area contributed by atoms with Crippen LogP contribution in [0.2, 0.25) is 0 Å². The van der Waals surface area contributed by atoms with Crippen LogP contribution >= 0.6 is 0 Å². The summed E-state index contributed by atoms with van der Waals surface area (Å²) in [7, 11) is 0. The Labute approximate surface area is 108 Å². The molecule has 0 bridgehead atoms. The van der Waals surface area contributed by atoms with Gasteiger partial charge in [0.1, 0.15) is 0 Å². The zero-order valence-corrected chi connectivity index (χ0v) is 11.7. The standard InChI is InChI=1S/C14H24F2O2/c1-5-10(6-2)12(17)8-13(18)11(7-3)9-14(4,15)16/h8,10-11,18H,5-7,9H2,1-4H3/b13-8-. The second kappa shape index (κ2) is 7.49. The molecule has 1 unspecified atom stereocenters. The van der Waals surface area contributed by atoms with Gasteiger partial charge in [-0.15, -0.1) is 0 Å². The molecule has 0 saturated heterocycles. The van der Waals surface area contributed by atoms with Crippen molar-refractivity contribution in [2.75, 3.05) is 0 Å². The number of hydrogen-bond acceptors (Lipinski definition) is 2. The summed E-state index contributed by atoms with van der Waals surface area (Å²) < 4.78 is 25.8. The molecule has 2 nitrogen and oxygen atoms in total. The Hall–Kier alpha value is -0.930. The molecule has 0 aliphatic rings. The number of carbonyl (C=O) groups excluding carboxylic acids is 1. The summed E-state index contributed by atoms with van der Waals surface area (Å²) in [5, 5.41) is 9.79. The number of rotatable bonds is 8. The van der Waals surface area contributed by atoms with Gasteiger partial charge in [-0.05, 0) is 26.2 Å². The Morgan fingerprint density at radius 2 is 1.61 bits per heavy atom. The second-order valence-electron chi connectivity index (χ2n) is 4.86. The lowest BCUT2D eigenvalue weighted by atomic mass is 9.92. The van der Waals surface area contributed by atoms with Crippen LogP contribution in [0.3, 0.4) is 0 Å². The van der Waals surface area contributed by atoms with Crippen LogP contribution in [-0.2, 0) is 4.79 Å². The molecule has 0 saturated carbocycles.